The van der Waals surface area contributed by atoms with Gasteiger partial charge in [0, 0.05) is 16.2 Å². The lowest BCUT2D eigenvalue weighted by molar-refractivity contribution is 0.0980. The minimum atomic E-state index is -0.252. The van der Waals surface area contributed by atoms with Gasteiger partial charge in [-0.05, 0) is 52.2 Å². The van der Waals surface area contributed by atoms with Crippen molar-refractivity contribution < 1.29 is 4.79 Å². The zero-order valence-electron chi connectivity index (χ0n) is 15.1. The van der Waals surface area contributed by atoms with Gasteiger partial charge in [0.05, 0.1) is 31.2 Å². The molecule has 4 rings (SSSR count). The highest BCUT2D eigenvalue weighted by Crippen LogP contribution is 2.22. The Bertz CT molecular complexity index is 1120. The van der Waals surface area contributed by atoms with Crippen molar-refractivity contribution in [1.82, 2.24) is 20.0 Å². The Kier molecular flexibility index (Phi) is 5.89. The number of hydrogen-bond acceptors (Lipinski definition) is 5. The molecule has 0 aliphatic rings. The van der Waals surface area contributed by atoms with Crippen molar-refractivity contribution in [1.29, 1.82) is 0 Å². The van der Waals surface area contributed by atoms with E-state index in [1.54, 1.807) is 57.7 Å². The zero-order chi connectivity index (χ0) is 20.2. The van der Waals surface area contributed by atoms with E-state index in [0.29, 0.717) is 28.8 Å². The highest BCUT2D eigenvalue weighted by molar-refractivity contribution is 7.07. The minimum Gasteiger partial charge on any atom is -0.301 e. The number of hydrogen-bond donors (Lipinski definition) is 0. The van der Waals surface area contributed by atoms with Crippen LogP contribution in [0.2, 0.25) is 10.0 Å². The molecule has 29 heavy (non-hydrogen) atoms. The topological polar surface area (TPSA) is 63.9 Å². The summed E-state index contributed by atoms with van der Waals surface area (Å²) in [7, 11) is 0. The van der Waals surface area contributed by atoms with Crippen molar-refractivity contribution >= 4 is 46.1 Å². The van der Waals surface area contributed by atoms with Gasteiger partial charge in [-0.25, -0.2) is 4.68 Å². The molecule has 0 fully saturated rings. The summed E-state index contributed by atoms with van der Waals surface area (Å²) in [6.07, 6.45) is 4.94. The van der Waals surface area contributed by atoms with Gasteiger partial charge in [-0.2, -0.15) is 11.3 Å². The van der Waals surface area contributed by atoms with Crippen LogP contribution in [0, 0.1) is 0 Å². The van der Waals surface area contributed by atoms with Crippen LogP contribution in [0.15, 0.2) is 65.7 Å². The van der Waals surface area contributed by atoms with Crippen LogP contribution < -0.4 is 4.90 Å². The number of anilines is 1. The molecule has 0 atom stereocenters. The van der Waals surface area contributed by atoms with Crippen molar-refractivity contribution in [3.63, 3.8) is 0 Å². The number of thiophene rings is 1. The molecule has 0 radical (unpaired) electrons. The summed E-state index contributed by atoms with van der Waals surface area (Å²) in [5.41, 5.74) is 2.81. The van der Waals surface area contributed by atoms with Gasteiger partial charge in [-0.3, -0.25) is 9.78 Å². The lowest BCUT2D eigenvalue weighted by Crippen LogP contribution is -2.30. The quantitative estimate of drug-likeness (QED) is 0.423. The first-order chi connectivity index (χ1) is 14.1. The zero-order valence-corrected chi connectivity index (χ0v) is 17.4. The Balaban J connectivity index is 1.58. The van der Waals surface area contributed by atoms with E-state index in [0.717, 1.165) is 11.1 Å². The largest absolute Gasteiger partial charge is 0.301 e. The van der Waals surface area contributed by atoms with Crippen LogP contribution in [-0.4, -0.2) is 25.9 Å². The van der Waals surface area contributed by atoms with Gasteiger partial charge in [0.2, 0.25) is 0 Å². The summed E-state index contributed by atoms with van der Waals surface area (Å²) in [5.74, 6) is -0.252. The number of benzene rings is 1. The molecule has 146 valence electrons. The van der Waals surface area contributed by atoms with Crippen molar-refractivity contribution in [3.05, 3.63) is 92.6 Å². The molecule has 0 saturated carbocycles. The predicted molar refractivity (Wildman–Crippen MR) is 115 cm³/mol. The van der Waals surface area contributed by atoms with Crippen molar-refractivity contribution in [2.45, 2.75) is 13.1 Å². The lowest BCUT2D eigenvalue weighted by atomic mass is 10.2. The van der Waals surface area contributed by atoms with Crippen molar-refractivity contribution in [3.8, 4) is 0 Å². The molecule has 0 aliphatic heterocycles. The van der Waals surface area contributed by atoms with Crippen LogP contribution >= 0.6 is 34.5 Å². The fourth-order valence-corrected chi connectivity index (χ4v) is 3.92. The third-order valence-corrected chi connectivity index (χ3v) is 5.55. The maximum Gasteiger partial charge on any atom is 0.280 e. The van der Waals surface area contributed by atoms with E-state index < -0.39 is 0 Å². The van der Waals surface area contributed by atoms with Crippen molar-refractivity contribution in [2.24, 2.45) is 0 Å². The maximum absolute atomic E-state index is 13.2. The fraction of sp³-hybridized carbons (Fsp3) is 0.100. The van der Waals surface area contributed by atoms with Crippen LogP contribution in [0.3, 0.4) is 0 Å². The first-order valence-corrected chi connectivity index (χ1v) is 10.4. The molecule has 1 amide bonds. The third-order valence-electron chi connectivity index (χ3n) is 4.23. The van der Waals surface area contributed by atoms with Gasteiger partial charge in [-0.15, -0.1) is 5.10 Å². The van der Waals surface area contributed by atoms with E-state index in [2.05, 4.69) is 15.3 Å². The number of aromatic nitrogens is 4. The first kappa shape index (κ1) is 19.6. The Hall–Kier alpha value is -2.74. The molecule has 3 aromatic heterocycles. The van der Waals surface area contributed by atoms with E-state index in [1.165, 1.54) is 0 Å². The molecule has 0 aliphatic carbocycles. The van der Waals surface area contributed by atoms with Crippen molar-refractivity contribution in [2.75, 3.05) is 4.90 Å². The molecule has 1 aromatic carbocycles. The molecule has 4 aromatic rings. The summed E-state index contributed by atoms with van der Waals surface area (Å²) in [6.45, 7) is 0.803. The number of nitrogens with zero attached hydrogens (tertiary/aromatic N) is 5. The molecular weight excluding hydrogens is 429 g/mol. The van der Waals surface area contributed by atoms with Crippen LogP contribution in [0.4, 0.5) is 5.69 Å². The number of amides is 1. The number of rotatable bonds is 6. The Morgan fingerprint density at radius 3 is 2.83 bits per heavy atom. The Labute approximate surface area is 181 Å². The lowest BCUT2D eigenvalue weighted by Gasteiger charge is -2.20. The molecular formula is C20H15Cl2N5OS. The second-order valence-electron chi connectivity index (χ2n) is 6.27. The highest BCUT2D eigenvalue weighted by Gasteiger charge is 2.22. The molecule has 0 saturated heterocycles. The van der Waals surface area contributed by atoms with Gasteiger partial charge < -0.3 is 4.90 Å². The SMILES string of the molecule is O=C(c1cn(Cc2ccc(Cl)cc2Cl)nn1)N(Cc1ccsc1)c1cccnc1. The van der Waals surface area contributed by atoms with E-state index in [1.807, 2.05) is 29.0 Å². The van der Waals surface area contributed by atoms with E-state index >= 15 is 0 Å². The fourth-order valence-electron chi connectivity index (χ4n) is 2.80. The van der Waals surface area contributed by atoms with Crippen LogP contribution in [0.5, 0.6) is 0 Å². The average molecular weight is 444 g/mol. The molecule has 0 bridgehead atoms. The third kappa shape index (κ3) is 4.64. The molecule has 3 heterocycles. The Morgan fingerprint density at radius 2 is 2.10 bits per heavy atom. The van der Waals surface area contributed by atoms with Crippen LogP contribution in [-0.2, 0) is 13.1 Å². The normalized spacial score (nSPS) is 10.8. The van der Waals surface area contributed by atoms with E-state index in [9.17, 15) is 4.79 Å². The molecule has 0 N–H and O–H groups in total. The van der Waals surface area contributed by atoms with Gasteiger partial charge in [-0.1, -0.05) is 34.5 Å². The second kappa shape index (κ2) is 8.73. The average Bonchev–Trinajstić information content (AvgIpc) is 3.41. The first-order valence-electron chi connectivity index (χ1n) is 8.67. The summed E-state index contributed by atoms with van der Waals surface area (Å²) in [5, 5.41) is 13.2. The van der Waals surface area contributed by atoms with Gasteiger partial charge in [0.1, 0.15) is 0 Å². The van der Waals surface area contributed by atoms with E-state index in [-0.39, 0.29) is 11.6 Å². The molecule has 6 nitrogen and oxygen atoms in total. The number of carbonyl (C=O) groups excluding carboxylic acids is 1. The van der Waals surface area contributed by atoms with E-state index in [4.69, 9.17) is 23.2 Å². The summed E-state index contributed by atoms with van der Waals surface area (Å²) in [4.78, 5) is 19.0. The number of pyridine rings is 1. The standard InChI is InChI=1S/C20H15Cl2N5OS/c21-16-4-3-15(18(22)8-16)11-26-12-19(24-25-26)20(28)27(10-14-5-7-29-13-14)17-2-1-6-23-9-17/h1-9,12-13H,10-11H2. The number of halogens is 2. The monoisotopic (exact) mass is 443 g/mol. The maximum atomic E-state index is 13.2. The smallest absolute Gasteiger partial charge is 0.280 e. The van der Waals surface area contributed by atoms with Gasteiger partial charge >= 0.3 is 0 Å². The summed E-state index contributed by atoms with van der Waals surface area (Å²) in [6, 6.07) is 10.9. The second-order valence-corrected chi connectivity index (χ2v) is 7.89. The predicted octanol–water partition coefficient (Wildman–Crippen LogP) is 4.94. The van der Waals surface area contributed by atoms with Gasteiger partial charge in [0.25, 0.3) is 5.91 Å². The number of carbonyl (C=O) groups is 1. The summed E-state index contributed by atoms with van der Waals surface area (Å²) < 4.78 is 1.58. The summed E-state index contributed by atoms with van der Waals surface area (Å²) >= 11 is 13.8. The van der Waals surface area contributed by atoms with Crippen LogP contribution in [0.1, 0.15) is 21.6 Å². The molecule has 0 unspecified atom stereocenters. The Morgan fingerprint density at radius 1 is 1.21 bits per heavy atom. The minimum absolute atomic E-state index is 0.245. The highest BCUT2D eigenvalue weighted by atomic mass is 35.5. The molecule has 9 heteroatoms. The van der Waals surface area contributed by atoms with Gasteiger partial charge in [0.15, 0.2) is 5.69 Å². The molecule has 0 spiro atoms. The van der Waals surface area contributed by atoms with Crippen LogP contribution in [0.25, 0.3) is 0 Å².